The summed E-state index contributed by atoms with van der Waals surface area (Å²) in [6, 6.07) is 0. The lowest BCUT2D eigenvalue weighted by atomic mass is 10.0. The van der Waals surface area contributed by atoms with Crippen molar-refractivity contribution in [1.29, 1.82) is 0 Å². The van der Waals surface area contributed by atoms with Crippen LogP contribution in [0.5, 0.6) is 0 Å². The molecule has 1 aliphatic heterocycles. The third-order valence-electron chi connectivity index (χ3n) is 4.93. The van der Waals surface area contributed by atoms with Crippen molar-refractivity contribution in [3.8, 4) is 0 Å². The first-order valence-corrected chi connectivity index (χ1v) is 10.2. The Morgan fingerprint density at radius 2 is 2.11 bits per heavy atom. The lowest BCUT2D eigenvalue weighted by molar-refractivity contribution is -0.131. The topological polar surface area (TPSA) is 89.4 Å². The predicted molar refractivity (Wildman–Crippen MR) is 106 cm³/mol. The number of thiazole rings is 1. The fourth-order valence-corrected chi connectivity index (χ4v) is 4.40. The second-order valence-electron chi connectivity index (χ2n) is 6.98. The minimum atomic E-state index is -0.198. The van der Waals surface area contributed by atoms with Crippen LogP contribution in [-0.4, -0.2) is 58.3 Å². The van der Waals surface area contributed by atoms with Gasteiger partial charge in [0.1, 0.15) is 0 Å². The second-order valence-corrected chi connectivity index (χ2v) is 8.27. The van der Waals surface area contributed by atoms with Gasteiger partial charge in [0.25, 0.3) is 5.91 Å². The molecule has 0 saturated carbocycles. The van der Waals surface area contributed by atoms with Gasteiger partial charge in [0, 0.05) is 63.0 Å². The Labute approximate surface area is 168 Å². The zero-order valence-corrected chi connectivity index (χ0v) is 17.7. The molecule has 1 aliphatic rings. The molecule has 2 aromatic heterocycles. The van der Waals surface area contributed by atoms with Gasteiger partial charge >= 0.3 is 0 Å². The molecule has 2 amide bonds. The summed E-state index contributed by atoms with van der Waals surface area (Å²) in [5.41, 5.74) is 3.21. The van der Waals surface area contributed by atoms with Crippen LogP contribution in [0.25, 0.3) is 0 Å². The van der Waals surface area contributed by atoms with E-state index in [1.165, 1.54) is 0 Å². The number of carbonyl (C=O) groups excluding carboxylic acids is 2. The summed E-state index contributed by atoms with van der Waals surface area (Å²) >= 11 is 1.57. The second kappa shape index (κ2) is 8.83. The SMILES string of the molecule is COCCCNC(=O)c1nn(C)c2c1CN(C(=O)Cc1sc(C)nc1C)CC2. The maximum absolute atomic E-state index is 12.8. The molecule has 9 heteroatoms. The molecule has 0 unspecified atom stereocenters. The first kappa shape index (κ1) is 20.5. The van der Waals surface area contributed by atoms with Crippen molar-refractivity contribution in [2.75, 3.05) is 26.8 Å². The third kappa shape index (κ3) is 4.41. The molecule has 0 saturated heterocycles. The number of ether oxygens (including phenoxy) is 1. The van der Waals surface area contributed by atoms with Crippen LogP contribution in [0.4, 0.5) is 0 Å². The number of methoxy groups -OCH3 is 1. The molecule has 8 nitrogen and oxygen atoms in total. The smallest absolute Gasteiger partial charge is 0.272 e. The molecule has 3 heterocycles. The van der Waals surface area contributed by atoms with Crippen molar-refractivity contribution in [3.05, 3.63) is 32.5 Å². The summed E-state index contributed by atoms with van der Waals surface area (Å²) < 4.78 is 6.77. The average Bonchev–Trinajstić information content (AvgIpc) is 3.17. The molecule has 0 atom stereocenters. The van der Waals surface area contributed by atoms with Crippen molar-refractivity contribution < 1.29 is 14.3 Å². The van der Waals surface area contributed by atoms with Crippen molar-refractivity contribution in [3.63, 3.8) is 0 Å². The van der Waals surface area contributed by atoms with Crippen LogP contribution in [-0.2, 0) is 36.0 Å². The number of carbonyl (C=O) groups is 2. The largest absolute Gasteiger partial charge is 0.385 e. The highest BCUT2D eigenvalue weighted by Crippen LogP contribution is 2.24. The minimum absolute atomic E-state index is 0.0627. The lowest BCUT2D eigenvalue weighted by Crippen LogP contribution is -2.38. The fraction of sp³-hybridized carbons (Fsp3) is 0.579. The van der Waals surface area contributed by atoms with Crippen LogP contribution >= 0.6 is 11.3 Å². The maximum atomic E-state index is 12.8. The van der Waals surface area contributed by atoms with E-state index in [9.17, 15) is 9.59 Å². The maximum Gasteiger partial charge on any atom is 0.272 e. The number of nitrogens with zero attached hydrogens (tertiary/aromatic N) is 4. The van der Waals surface area contributed by atoms with Crippen LogP contribution in [0, 0.1) is 13.8 Å². The van der Waals surface area contributed by atoms with Gasteiger partial charge in [0.2, 0.25) is 5.91 Å². The van der Waals surface area contributed by atoms with Gasteiger partial charge in [-0.3, -0.25) is 14.3 Å². The van der Waals surface area contributed by atoms with E-state index in [-0.39, 0.29) is 11.8 Å². The van der Waals surface area contributed by atoms with Crippen LogP contribution < -0.4 is 5.32 Å². The van der Waals surface area contributed by atoms with Crippen LogP contribution in [0.3, 0.4) is 0 Å². The van der Waals surface area contributed by atoms with Crippen molar-refractivity contribution >= 4 is 23.2 Å². The number of hydrogen-bond acceptors (Lipinski definition) is 6. The summed E-state index contributed by atoms with van der Waals surface area (Å²) in [6.07, 6.45) is 1.79. The summed E-state index contributed by atoms with van der Waals surface area (Å²) in [5, 5.41) is 8.27. The van der Waals surface area contributed by atoms with Crippen molar-refractivity contribution in [2.24, 2.45) is 7.05 Å². The molecule has 2 aromatic rings. The van der Waals surface area contributed by atoms with E-state index in [4.69, 9.17) is 4.74 Å². The Morgan fingerprint density at radius 3 is 2.79 bits per heavy atom. The molecule has 0 spiro atoms. The van der Waals surface area contributed by atoms with Gasteiger partial charge in [0.05, 0.1) is 17.1 Å². The number of amides is 2. The molecule has 28 heavy (non-hydrogen) atoms. The standard InChI is InChI=1S/C19H27N5O3S/c1-12-16(28-13(2)21-12)10-17(25)24-8-6-15-14(11-24)18(22-23(15)3)19(26)20-7-5-9-27-4/h5-11H2,1-4H3,(H,20,26). The number of hydrogen-bond donors (Lipinski definition) is 1. The molecule has 1 N–H and O–H groups in total. The average molecular weight is 406 g/mol. The number of aryl methyl sites for hydroxylation is 3. The highest BCUT2D eigenvalue weighted by atomic mass is 32.1. The lowest BCUT2D eigenvalue weighted by Gasteiger charge is -2.27. The van der Waals surface area contributed by atoms with E-state index in [0.717, 1.165) is 33.3 Å². The zero-order chi connectivity index (χ0) is 20.3. The first-order valence-electron chi connectivity index (χ1n) is 9.43. The molecule has 3 rings (SSSR count). The quantitative estimate of drug-likeness (QED) is 0.703. The van der Waals surface area contributed by atoms with E-state index >= 15 is 0 Å². The van der Waals surface area contributed by atoms with E-state index in [1.807, 2.05) is 25.8 Å². The molecular weight excluding hydrogens is 378 g/mol. The van der Waals surface area contributed by atoms with Crippen molar-refractivity contribution in [2.45, 2.75) is 39.7 Å². The number of nitrogens with one attached hydrogen (secondary N) is 1. The highest BCUT2D eigenvalue weighted by Gasteiger charge is 2.29. The van der Waals surface area contributed by atoms with Crippen LogP contribution in [0.2, 0.25) is 0 Å². The highest BCUT2D eigenvalue weighted by molar-refractivity contribution is 7.11. The van der Waals surface area contributed by atoms with Gasteiger partial charge < -0.3 is 15.0 Å². The predicted octanol–water partition coefficient (Wildman–Crippen LogP) is 1.39. The monoisotopic (exact) mass is 405 g/mol. The number of fused-ring (bicyclic) bond motifs is 1. The molecule has 152 valence electrons. The normalized spacial score (nSPS) is 13.5. The molecule has 0 fully saturated rings. The molecule has 0 bridgehead atoms. The van der Waals surface area contributed by atoms with Gasteiger partial charge in [-0.25, -0.2) is 4.98 Å². The van der Waals surface area contributed by atoms with E-state index < -0.39 is 0 Å². The molecule has 0 radical (unpaired) electrons. The van der Waals surface area contributed by atoms with Crippen LogP contribution in [0.15, 0.2) is 0 Å². The summed E-state index contributed by atoms with van der Waals surface area (Å²) in [7, 11) is 3.49. The van der Waals surface area contributed by atoms with Gasteiger partial charge in [-0.2, -0.15) is 5.10 Å². The summed E-state index contributed by atoms with van der Waals surface area (Å²) in [4.78, 5) is 32.6. The van der Waals surface area contributed by atoms with E-state index in [0.29, 0.717) is 44.8 Å². The zero-order valence-electron chi connectivity index (χ0n) is 16.9. The summed E-state index contributed by atoms with van der Waals surface area (Å²) in [6.45, 7) is 6.07. The van der Waals surface area contributed by atoms with Crippen LogP contribution in [0.1, 0.15) is 43.7 Å². The third-order valence-corrected chi connectivity index (χ3v) is 6.01. The van der Waals surface area contributed by atoms with Gasteiger partial charge in [-0.1, -0.05) is 0 Å². The minimum Gasteiger partial charge on any atom is -0.385 e. The Hall–Kier alpha value is -2.26. The first-order chi connectivity index (χ1) is 13.4. The summed E-state index contributed by atoms with van der Waals surface area (Å²) in [5.74, 6) is -0.135. The van der Waals surface area contributed by atoms with Gasteiger partial charge in [0.15, 0.2) is 5.69 Å². The Bertz CT molecular complexity index is 873. The van der Waals surface area contributed by atoms with Gasteiger partial charge in [-0.05, 0) is 20.3 Å². The van der Waals surface area contributed by atoms with E-state index in [2.05, 4.69) is 15.4 Å². The fourth-order valence-electron chi connectivity index (χ4n) is 3.48. The molecule has 0 aliphatic carbocycles. The Balaban J connectivity index is 1.70. The number of aromatic nitrogens is 3. The van der Waals surface area contributed by atoms with Gasteiger partial charge in [-0.15, -0.1) is 11.3 Å². The number of rotatable bonds is 7. The van der Waals surface area contributed by atoms with Crippen molar-refractivity contribution in [1.82, 2.24) is 25.0 Å². The Morgan fingerprint density at radius 1 is 1.32 bits per heavy atom. The van der Waals surface area contributed by atoms with E-state index in [1.54, 1.807) is 23.1 Å². The molecule has 0 aromatic carbocycles. The Kier molecular flexibility index (Phi) is 6.46. The molecular formula is C19H27N5O3S.